The number of phenols is 1. The van der Waals surface area contributed by atoms with Crippen molar-refractivity contribution in [1.29, 1.82) is 0 Å². The minimum absolute atomic E-state index is 0.0228. The van der Waals surface area contributed by atoms with E-state index in [9.17, 15) is 24.8 Å². The molecule has 0 saturated carbocycles. The Morgan fingerprint density at radius 3 is 1.96 bits per heavy atom. The molecule has 0 heterocycles. The normalized spacial score (nSPS) is 10.3. The van der Waals surface area contributed by atoms with Crippen LogP contribution in [0.25, 0.3) is 11.1 Å². The van der Waals surface area contributed by atoms with Crippen LogP contribution in [0.1, 0.15) is 20.7 Å². The number of benzene rings is 2. The van der Waals surface area contributed by atoms with Gasteiger partial charge in [-0.15, -0.1) is 0 Å². The Balaban J connectivity index is 2.78. The van der Waals surface area contributed by atoms with Gasteiger partial charge in [0.2, 0.25) is 5.75 Å². The Kier molecular flexibility index (Phi) is 4.19. The van der Waals surface area contributed by atoms with Crippen LogP contribution < -0.4 is 0 Å². The van der Waals surface area contributed by atoms with Crippen molar-refractivity contribution in [1.82, 2.24) is 0 Å². The van der Waals surface area contributed by atoms with E-state index in [1.807, 2.05) is 0 Å². The Hall–Kier alpha value is -3.13. The summed E-state index contributed by atoms with van der Waals surface area (Å²) in [5.41, 5.74) is -1.53. The molecule has 0 radical (unpaired) electrons. The number of carboxylic acids is 2. The number of rotatable bonds is 4. The van der Waals surface area contributed by atoms with Crippen LogP contribution in [0.3, 0.4) is 0 Å². The van der Waals surface area contributed by atoms with Crippen molar-refractivity contribution in [3.8, 4) is 16.9 Å². The largest absolute Gasteiger partial charge is 0.502 e. The number of aromatic hydroxyl groups is 1. The fourth-order valence-corrected chi connectivity index (χ4v) is 2.19. The van der Waals surface area contributed by atoms with E-state index < -0.39 is 28.3 Å². The van der Waals surface area contributed by atoms with Gasteiger partial charge in [0, 0.05) is 16.7 Å². The van der Waals surface area contributed by atoms with E-state index in [2.05, 4.69) is 0 Å². The minimum atomic E-state index is -1.38. The van der Waals surface area contributed by atoms with E-state index in [1.54, 1.807) is 0 Å². The maximum Gasteiger partial charge on any atom is 0.335 e. The molecule has 0 amide bonds. The van der Waals surface area contributed by atoms with E-state index in [0.29, 0.717) is 0 Å². The lowest BCUT2D eigenvalue weighted by Crippen LogP contribution is -2.03. The van der Waals surface area contributed by atoms with Crippen LogP contribution >= 0.6 is 11.6 Å². The van der Waals surface area contributed by atoms with E-state index in [0.717, 1.165) is 24.3 Å². The van der Waals surface area contributed by atoms with Crippen LogP contribution in [0.15, 0.2) is 30.3 Å². The van der Waals surface area contributed by atoms with Crippen molar-refractivity contribution in [3.63, 3.8) is 0 Å². The summed E-state index contributed by atoms with van der Waals surface area (Å²) in [5.74, 6) is -3.51. The maximum atomic E-state index is 11.1. The second-order valence-corrected chi connectivity index (χ2v) is 4.92. The summed E-state index contributed by atoms with van der Waals surface area (Å²) >= 11 is 5.77. The number of phenolic OH excluding ortho intramolecular Hbond substituents is 1. The average molecular weight is 338 g/mol. The molecule has 3 N–H and O–H groups in total. The number of carbonyl (C=O) groups is 2. The summed E-state index contributed by atoms with van der Waals surface area (Å²) in [4.78, 5) is 32.2. The number of halogens is 1. The molecular weight excluding hydrogens is 330 g/mol. The van der Waals surface area contributed by atoms with E-state index in [1.165, 1.54) is 6.07 Å². The molecule has 8 nitrogen and oxygen atoms in total. The molecule has 0 atom stereocenters. The molecule has 0 aliphatic carbocycles. The van der Waals surface area contributed by atoms with Crippen molar-refractivity contribution in [3.05, 3.63) is 56.6 Å². The average Bonchev–Trinajstić information content (AvgIpc) is 2.48. The summed E-state index contributed by atoms with van der Waals surface area (Å²) in [5, 5.41) is 38.9. The summed E-state index contributed by atoms with van der Waals surface area (Å²) in [7, 11) is 0. The molecular formula is C14H8ClNO7. The topological polar surface area (TPSA) is 138 Å². The van der Waals surface area contributed by atoms with Gasteiger partial charge in [-0.25, -0.2) is 9.59 Å². The number of nitrogens with zero attached hydrogens (tertiary/aromatic N) is 1. The maximum absolute atomic E-state index is 11.1. The van der Waals surface area contributed by atoms with Crippen molar-refractivity contribution in [2.24, 2.45) is 0 Å². The van der Waals surface area contributed by atoms with Gasteiger partial charge in [0.15, 0.2) is 0 Å². The number of hydrogen-bond donors (Lipinski definition) is 3. The first-order valence-corrected chi connectivity index (χ1v) is 6.37. The molecule has 0 unspecified atom stereocenters. The standard InChI is InChI=1S/C14H8ClNO7/c15-9-4-10(12(17)11(5-9)16(22)23)6-1-7(13(18)19)3-8(2-6)14(20)21/h1-5,17H,(H,18,19)(H,20,21). The zero-order chi connectivity index (χ0) is 17.3. The highest BCUT2D eigenvalue weighted by Gasteiger charge is 2.21. The first-order valence-electron chi connectivity index (χ1n) is 5.99. The lowest BCUT2D eigenvalue weighted by Gasteiger charge is -2.09. The van der Waals surface area contributed by atoms with Crippen molar-refractivity contribution in [2.75, 3.05) is 0 Å². The molecule has 0 saturated heterocycles. The molecule has 2 rings (SSSR count). The summed E-state index contributed by atoms with van der Waals surface area (Å²) < 4.78 is 0. The van der Waals surface area contributed by atoms with Gasteiger partial charge in [0.25, 0.3) is 0 Å². The smallest absolute Gasteiger partial charge is 0.335 e. The number of aromatic carboxylic acids is 2. The van der Waals surface area contributed by atoms with Gasteiger partial charge in [-0.05, 0) is 29.8 Å². The molecule has 23 heavy (non-hydrogen) atoms. The lowest BCUT2D eigenvalue weighted by molar-refractivity contribution is -0.385. The summed E-state index contributed by atoms with van der Waals surface area (Å²) in [6.45, 7) is 0. The molecule has 0 fully saturated rings. The highest BCUT2D eigenvalue weighted by Crippen LogP contribution is 2.40. The highest BCUT2D eigenvalue weighted by molar-refractivity contribution is 6.31. The van der Waals surface area contributed by atoms with Gasteiger partial charge < -0.3 is 15.3 Å². The number of carboxylic acid groups (broad SMARTS) is 2. The third-order valence-electron chi connectivity index (χ3n) is 2.99. The fourth-order valence-electron chi connectivity index (χ4n) is 1.97. The second kappa shape index (κ2) is 5.93. The van der Waals surface area contributed by atoms with Gasteiger partial charge >= 0.3 is 17.6 Å². The molecule has 118 valence electrons. The van der Waals surface area contributed by atoms with Crippen LogP contribution in [0.5, 0.6) is 5.75 Å². The Morgan fingerprint density at radius 1 is 1.00 bits per heavy atom. The monoisotopic (exact) mass is 337 g/mol. The highest BCUT2D eigenvalue weighted by atomic mass is 35.5. The molecule has 0 aromatic heterocycles. The van der Waals surface area contributed by atoms with Gasteiger partial charge in [-0.1, -0.05) is 11.6 Å². The first kappa shape index (κ1) is 16.2. The zero-order valence-electron chi connectivity index (χ0n) is 11.2. The van der Waals surface area contributed by atoms with Crippen LogP contribution in [0.4, 0.5) is 5.69 Å². The predicted molar refractivity (Wildman–Crippen MR) is 79.1 cm³/mol. The summed E-state index contributed by atoms with van der Waals surface area (Å²) in [6.07, 6.45) is 0. The Bertz CT molecular complexity index is 815. The predicted octanol–water partition coefficient (Wildman–Crippen LogP) is 3.02. The minimum Gasteiger partial charge on any atom is -0.502 e. The van der Waals surface area contributed by atoms with Crippen LogP contribution in [-0.4, -0.2) is 32.2 Å². The van der Waals surface area contributed by atoms with E-state index in [-0.39, 0.29) is 27.3 Å². The fraction of sp³-hybridized carbons (Fsp3) is 0. The molecule has 2 aromatic carbocycles. The zero-order valence-corrected chi connectivity index (χ0v) is 11.9. The van der Waals surface area contributed by atoms with Crippen LogP contribution in [0, 0.1) is 10.1 Å². The molecule has 0 spiro atoms. The van der Waals surface area contributed by atoms with Crippen LogP contribution in [-0.2, 0) is 0 Å². The molecule has 0 bridgehead atoms. The Labute approximate surface area is 133 Å². The Morgan fingerprint density at radius 2 is 1.52 bits per heavy atom. The molecule has 9 heteroatoms. The number of nitro benzene ring substituents is 1. The number of hydrogen-bond acceptors (Lipinski definition) is 5. The number of nitro groups is 1. The van der Waals surface area contributed by atoms with Gasteiger partial charge in [0.05, 0.1) is 16.1 Å². The first-order chi connectivity index (χ1) is 10.7. The lowest BCUT2D eigenvalue weighted by atomic mass is 9.98. The summed E-state index contributed by atoms with van der Waals surface area (Å²) in [6, 6.07) is 5.22. The van der Waals surface area contributed by atoms with Crippen LogP contribution in [0.2, 0.25) is 5.02 Å². The third-order valence-corrected chi connectivity index (χ3v) is 3.21. The van der Waals surface area contributed by atoms with E-state index in [4.69, 9.17) is 21.8 Å². The van der Waals surface area contributed by atoms with Gasteiger partial charge in [-0.3, -0.25) is 10.1 Å². The van der Waals surface area contributed by atoms with Crippen molar-refractivity contribution >= 4 is 29.2 Å². The quantitative estimate of drug-likeness (QED) is 0.575. The van der Waals surface area contributed by atoms with Gasteiger partial charge in [-0.2, -0.15) is 0 Å². The molecule has 2 aromatic rings. The van der Waals surface area contributed by atoms with Crippen molar-refractivity contribution in [2.45, 2.75) is 0 Å². The third kappa shape index (κ3) is 3.22. The second-order valence-electron chi connectivity index (χ2n) is 4.49. The molecule has 0 aliphatic rings. The SMILES string of the molecule is O=C(O)c1cc(C(=O)O)cc(-c2cc(Cl)cc([N+](=O)[O-])c2O)c1. The van der Waals surface area contributed by atoms with Gasteiger partial charge in [0.1, 0.15) is 0 Å². The van der Waals surface area contributed by atoms with Crippen molar-refractivity contribution < 1.29 is 29.8 Å². The molecule has 0 aliphatic heterocycles. The van der Waals surface area contributed by atoms with E-state index >= 15 is 0 Å².